The zero-order valence-electron chi connectivity index (χ0n) is 15.4. The zero-order valence-corrected chi connectivity index (χ0v) is 17.8. The van der Waals surface area contributed by atoms with E-state index in [1.807, 2.05) is 0 Å². The minimum atomic E-state index is -2.08. The quantitative estimate of drug-likeness (QED) is 0.461. The van der Waals surface area contributed by atoms with Crippen LogP contribution >= 0.6 is 23.2 Å². The Bertz CT molecular complexity index is 1100. The number of methoxy groups -OCH3 is 1. The van der Waals surface area contributed by atoms with Crippen LogP contribution in [0.3, 0.4) is 0 Å². The number of benzene rings is 1. The van der Waals surface area contributed by atoms with Crippen molar-refractivity contribution in [3.05, 3.63) is 36.9 Å². The molecule has 2 aromatic heterocycles. The molecule has 3 aromatic rings. The Kier molecular flexibility index (Phi) is 5.60. The van der Waals surface area contributed by atoms with Gasteiger partial charge in [-0.2, -0.15) is 0 Å². The van der Waals surface area contributed by atoms with Crippen LogP contribution in [0.15, 0.2) is 41.8 Å². The van der Waals surface area contributed by atoms with Crippen molar-refractivity contribution in [2.75, 3.05) is 12.8 Å². The van der Waals surface area contributed by atoms with Gasteiger partial charge in [0.05, 0.1) is 24.2 Å². The number of aliphatic hydroxyl groups excluding tert-OH is 2. The molecular formula is C17H17Cl2N5O5S. The lowest BCUT2D eigenvalue weighted by Crippen LogP contribution is -2.44. The number of nitrogen functional groups attached to an aromatic ring is 1. The Labute approximate surface area is 183 Å². The molecule has 1 aliphatic heterocycles. The van der Waals surface area contributed by atoms with E-state index in [2.05, 4.69) is 15.0 Å². The third-order valence-electron chi connectivity index (χ3n) is 4.75. The Morgan fingerprint density at radius 3 is 2.57 bits per heavy atom. The van der Waals surface area contributed by atoms with Crippen molar-refractivity contribution in [1.82, 2.24) is 19.5 Å². The fraction of sp³-hybridized carbons (Fsp3) is 0.353. The zero-order chi connectivity index (χ0) is 21.6. The molecule has 1 fully saturated rings. The van der Waals surface area contributed by atoms with Crippen LogP contribution in [0.2, 0.25) is 0 Å². The van der Waals surface area contributed by atoms with Crippen molar-refractivity contribution in [2.45, 2.75) is 33.1 Å². The summed E-state index contributed by atoms with van der Waals surface area (Å²) in [5.74, 6) is 0.708. The highest BCUT2D eigenvalue weighted by atomic mass is 35.5. The van der Waals surface area contributed by atoms with Crippen molar-refractivity contribution < 1.29 is 23.9 Å². The van der Waals surface area contributed by atoms with Gasteiger partial charge in [0.25, 0.3) is 0 Å². The molecule has 1 aliphatic rings. The molecular weight excluding hydrogens is 457 g/mol. The lowest BCUT2D eigenvalue weighted by Gasteiger charge is -2.27. The standard InChI is InChI=1S/C17H17Cl2N5O5S/c1-28-8-2-4-9(5-3-8)30(27)17(18,19)13-11(25)12(26)16(29-13)24-7-23-10-14(20)21-6-22-15(10)24/h2-7,11-13,16,25-26H,1H3,(H2,20,21,22)/t11-,12+,13-,16+,30+/m0/s1. The summed E-state index contributed by atoms with van der Waals surface area (Å²) in [5.41, 5.74) is 6.37. The van der Waals surface area contributed by atoms with E-state index in [0.717, 1.165) is 0 Å². The average molecular weight is 474 g/mol. The lowest BCUT2D eigenvalue weighted by atomic mass is 10.1. The van der Waals surface area contributed by atoms with Gasteiger partial charge in [0.1, 0.15) is 35.9 Å². The second kappa shape index (κ2) is 7.91. The van der Waals surface area contributed by atoms with Crippen LogP contribution in [0.1, 0.15) is 6.23 Å². The summed E-state index contributed by atoms with van der Waals surface area (Å²) < 4.78 is 23.2. The van der Waals surface area contributed by atoms with Crippen LogP contribution in [0.5, 0.6) is 5.75 Å². The fourth-order valence-electron chi connectivity index (χ4n) is 3.19. The maximum absolute atomic E-state index is 13.0. The van der Waals surface area contributed by atoms with Crippen LogP contribution in [0, 0.1) is 0 Å². The molecule has 10 nitrogen and oxygen atoms in total. The second-order valence-corrected chi connectivity index (χ2v) is 10.0. The molecule has 0 unspecified atom stereocenters. The fourth-order valence-corrected chi connectivity index (χ4v) is 5.18. The molecule has 3 heterocycles. The molecule has 1 saturated heterocycles. The molecule has 160 valence electrons. The number of ether oxygens (including phenoxy) is 2. The molecule has 0 bridgehead atoms. The number of fused-ring (bicyclic) bond motifs is 1. The smallest absolute Gasteiger partial charge is 0.224 e. The largest absolute Gasteiger partial charge is 0.497 e. The molecule has 0 radical (unpaired) electrons. The molecule has 4 rings (SSSR count). The number of imidazole rings is 1. The van der Waals surface area contributed by atoms with Crippen LogP contribution in [0.25, 0.3) is 11.2 Å². The Morgan fingerprint density at radius 1 is 1.20 bits per heavy atom. The Hall–Kier alpha value is -2.02. The number of nitrogens with two attached hydrogens (primary N) is 1. The number of aliphatic hydroxyl groups is 2. The molecule has 1 aromatic carbocycles. The van der Waals surface area contributed by atoms with Crippen LogP contribution < -0.4 is 10.5 Å². The molecule has 0 saturated carbocycles. The van der Waals surface area contributed by atoms with Gasteiger partial charge in [-0.05, 0) is 24.3 Å². The minimum Gasteiger partial charge on any atom is -0.497 e. The van der Waals surface area contributed by atoms with E-state index >= 15 is 0 Å². The number of rotatable bonds is 5. The van der Waals surface area contributed by atoms with Gasteiger partial charge in [-0.25, -0.2) is 15.0 Å². The first kappa shape index (κ1) is 21.2. The first-order valence-corrected chi connectivity index (χ1v) is 10.5. The van der Waals surface area contributed by atoms with E-state index in [1.54, 1.807) is 12.1 Å². The van der Waals surface area contributed by atoms with Crippen LogP contribution in [-0.4, -0.2) is 63.0 Å². The SMILES string of the molecule is COc1ccc([S@@](=O)C(Cl)(Cl)[C@H]2O[C@@H](n3cnc4c(N)ncnc43)[C@H](O)[C@@H]2O)cc1. The van der Waals surface area contributed by atoms with Crippen molar-refractivity contribution in [2.24, 2.45) is 0 Å². The second-order valence-electron chi connectivity index (χ2n) is 6.52. The van der Waals surface area contributed by atoms with Gasteiger partial charge in [-0.3, -0.25) is 8.78 Å². The summed E-state index contributed by atoms with van der Waals surface area (Å²) in [6, 6.07) is 6.27. The van der Waals surface area contributed by atoms with Gasteiger partial charge in [-0.1, -0.05) is 23.2 Å². The Morgan fingerprint density at radius 2 is 1.90 bits per heavy atom. The van der Waals surface area contributed by atoms with E-state index in [9.17, 15) is 14.4 Å². The third-order valence-corrected chi connectivity index (χ3v) is 7.45. The summed E-state index contributed by atoms with van der Waals surface area (Å²) in [5, 5.41) is 21.2. The summed E-state index contributed by atoms with van der Waals surface area (Å²) >= 11 is 12.8. The maximum atomic E-state index is 13.0. The monoisotopic (exact) mass is 473 g/mol. The van der Waals surface area contributed by atoms with E-state index in [4.69, 9.17) is 38.4 Å². The summed E-state index contributed by atoms with van der Waals surface area (Å²) in [6.45, 7) is 0. The topological polar surface area (TPSA) is 146 Å². The molecule has 5 atom stereocenters. The normalized spacial score (nSPS) is 25.5. The molecule has 4 N–H and O–H groups in total. The number of halogens is 2. The molecule has 0 amide bonds. The van der Waals surface area contributed by atoms with Gasteiger partial charge in [-0.15, -0.1) is 0 Å². The predicted octanol–water partition coefficient (Wildman–Crippen LogP) is 0.975. The van der Waals surface area contributed by atoms with E-state index in [-0.39, 0.29) is 11.5 Å². The maximum Gasteiger partial charge on any atom is 0.224 e. The van der Waals surface area contributed by atoms with Gasteiger partial charge < -0.3 is 25.4 Å². The van der Waals surface area contributed by atoms with Crippen LogP contribution in [0.4, 0.5) is 5.82 Å². The molecule has 0 spiro atoms. The van der Waals surface area contributed by atoms with E-state index in [0.29, 0.717) is 16.2 Å². The van der Waals surface area contributed by atoms with Crippen molar-refractivity contribution in [3.8, 4) is 5.75 Å². The van der Waals surface area contributed by atoms with Crippen molar-refractivity contribution in [3.63, 3.8) is 0 Å². The number of alkyl halides is 2. The van der Waals surface area contributed by atoms with Crippen LogP contribution in [-0.2, 0) is 15.5 Å². The summed E-state index contributed by atoms with van der Waals surface area (Å²) in [6.07, 6.45) is -2.95. The minimum absolute atomic E-state index is 0.146. The highest BCUT2D eigenvalue weighted by Crippen LogP contribution is 2.44. The van der Waals surface area contributed by atoms with Gasteiger partial charge in [0.2, 0.25) is 3.67 Å². The molecule has 13 heteroatoms. The van der Waals surface area contributed by atoms with Crippen molar-refractivity contribution >= 4 is 51.0 Å². The highest BCUT2D eigenvalue weighted by molar-refractivity contribution is 7.89. The molecule has 0 aliphatic carbocycles. The van der Waals surface area contributed by atoms with Gasteiger partial charge in [0, 0.05) is 4.90 Å². The van der Waals surface area contributed by atoms with E-state index in [1.165, 1.54) is 36.5 Å². The average Bonchev–Trinajstić information content (AvgIpc) is 3.30. The number of hydrogen-bond donors (Lipinski definition) is 3. The summed E-state index contributed by atoms with van der Waals surface area (Å²) in [7, 11) is -0.511. The first-order valence-electron chi connectivity index (χ1n) is 8.64. The number of anilines is 1. The highest BCUT2D eigenvalue weighted by Gasteiger charge is 2.56. The number of nitrogens with zero attached hydrogens (tertiary/aromatic N) is 4. The molecule has 30 heavy (non-hydrogen) atoms. The predicted molar refractivity (Wildman–Crippen MR) is 109 cm³/mol. The number of hydrogen-bond acceptors (Lipinski definition) is 9. The lowest BCUT2D eigenvalue weighted by molar-refractivity contribution is -0.0334. The number of aromatic nitrogens is 4. The van der Waals surface area contributed by atoms with Crippen molar-refractivity contribution in [1.29, 1.82) is 0 Å². The van der Waals surface area contributed by atoms with E-state index < -0.39 is 39.0 Å². The first-order chi connectivity index (χ1) is 14.3. The summed E-state index contributed by atoms with van der Waals surface area (Å²) in [4.78, 5) is 12.3. The third kappa shape index (κ3) is 3.41. The van der Waals surface area contributed by atoms with Gasteiger partial charge in [0.15, 0.2) is 17.7 Å². The van der Waals surface area contributed by atoms with Gasteiger partial charge >= 0.3 is 0 Å². The Balaban J connectivity index is 1.64.